The second kappa shape index (κ2) is 11.7. The van der Waals surface area contributed by atoms with Crippen molar-refractivity contribution in [1.29, 1.82) is 0 Å². The number of thioether (sulfide) groups is 1. The van der Waals surface area contributed by atoms with Crippen LogP contribution in [0.2, 0.25) is 0 Å². The zero-order valence-electron chi connectivity index (χ0n) is 17.5. The minimum absolute atomic E-state index is 0.0891. The summed E-state index contributed by atoms with van der Waals surface area (Å²) in [4.78, 5) is 11.9. The largest absolute Gasteiger partial charge is 0.381 e. The normalized spacial score (nSPS) is 30.0. The molecule has 0 amide bonds. The Kier molecular flexibility index (Phi) is 10.1. The van der Waals surface area contributed by atoms with Crippen LogP contribution in [0, 0.1) is 17.3 Å². The van der Waals surface area contributed by atoms with Crippen molar-refractivity contribution >= 4 is 18.0 Å². The maximum absolute atomic E-state index is 11.9. The van der Waals surface area contributed by atoms with Gasteiger partial charge in [-0.1, -0.05) is 58.8 Å². The summed E-state index contributed by atoms with van der Waals surface area (Å²) in [7, 11) is 1.88. The lowest BCUT2D eigenvalue weighted by Gasteiger charge is -2.39. The summed E-state index contributed by atoms with van der Waals surface area (Å²) in [6.45, 7) is 4.43. The molecular formula is C23H42O2S. The first kappa shape index (κ1) is 22.3. The van der Waals surface area contributed by atoms with Crippen molar-refractivity contribution < 1.29 is 9.53 Å². The molecule has 2 rings (SSSR count). The van der Waals surface area contributed by atoms with Gasteiger partial charge in [0, 0.05) is 23.5 Å². The van der Waals surface area contributed by atoms with Crippen molar-refractivity contribution in [1.82, 2.24) is 0 Å². The molecule has 2 saturated carbocycles. The molecule has 0 radical (unpaired) electrons. The first-order valence-electron chi connectivity index (χ1n) is 11.3. The lowest BCUT2D eigenvalue weighted by molar-refractivity contribution is -0.115. The monoisotopic (exact) mass is 382 g/mol. The van der Waals surface area contributed by atoms with E-state index < -0.39 is 0 Å². The highest BCUT2D eigenvalue weighted by molar-refractivity contribution is 8.00. The van der Waals surface area contributed by atoms with Gasteiger partial charge in [0.1, 0.15) is 6.29 Å². The van der Waals surface area contributed by atoms with E-state index in [1.165, 1.54) is 76.9 Å². The van der Waals surface area contributed by atoms with E-state index in [9.17, 15) is 4.79 Å². The predicted octanol–water partition coefficient (Wildman–Crippen LogP) is 6.66. The van der Waals surface area contributed by atoms with Gasteiger partial charge >= 0.3 is 0 Å². The molecule has 0 aromatic carbocycles. The number of rotatable bonds is 11. The van der Waals surface area contributed by atoms with Crippen molar-refractivity contribution in [2.75, 3.05) is 12.9 Å². The Morgan fingerprint density at radius 1 is 1.12 bits per heavy atom. The number of carbonyl (C=O) groups excluding carboxylic acids is 1. The van der Waals surface area contributed by atoms with Crippen LogP contribution in [0.1, 0.15) is 97.3 Å². The second-order valence-corrected chi connectivity index (χ2v) is 10.2. The summed E-state index contributed by atoms with van der Waals surface area (Å²) < 4.78 is 5.73. The average Bonchev–Trinajstić information content (AvgIpc) is 2.70. The summed E-state index contributed by atoms with van der Waals surface area (Å²) in [5.41, 5.74) is -0.0891. The molecule has 26 heavy (non-hydrogen) atoms. The molecule has 4 unspecified atom stereocenters. The standard InChI is InChI=1S/C23H42O2S/c1-4-6-14-23(5-2,17-24)18-26-22-13-12-21(25-3)16-20(22)15-19-10-8-7-9-11-19/h17,19-22H,4-16,18H2,1-3H3. The highest BCUT2D eigenvalue weighted by Crippen LogP contribution is 2.43. The Hall–Kier alpha value is -0.0200. The van der Waals surface area contributed by atoms with Gasteiger partial charge < -0.3 is 9.53 Å². The first-order valence-corrected chi connectivity index (χ1v) is 12.3. The van der Waals surface area contributed by atoms with Crippen molar-refractivity contribution in [3.63, 3.8) is 0 Å². The van der Waals surface area contributed by atoms with Gasteiger partial charge in [-0.15, -0.1) is 0 Å². The Labute approximate surface area is 166 Å². The van der Waals surface area contributed by atoms with Crippen molar-refractivity contribution in [2.24, 2.45) is 17.3 Å². The van der Waals surface area contributed by atoms with Crippen LogP contribution in [0.4, 0.5) is 0 Å². The SMILES string of the molecule is CCCCC(C=O)(CC)CSC1CCC(OC)CC1CC1CCCCC1. The summed E-state index contributed by atoms with van der Waals surface area (Å²) in [6.07, 6.45) is 18.5. The molecule has 4 atom stereocenters. The van der Waals surface area contributed by atoms with Crippen LogP contribution in [-0.4, -0.2) is 30.5 Å². The minimum atomic E-state index is -0.0891. The smallest absolute Gasteiger partial charge is 0.126 e. The van der Waals surface area contributed by atoms with Gasteiger partial charge in [-0.05, 0) is 50.4 Å². The molecule has 3 heteroatoms. The summed E-state index contributed by atoms with van der Waals surface area (Å²) in [6, 6.07) is 0. The molecule has 2 nitrogen and oxygen atoms in total. The van der Waals surface area contributed by atoms with Crippen LogP contribution in [0.15, 0.2) is 0 Å². The van der Waals surface area contributed by atoms with E-state index in [0.29, 0.717) is 6.10 Å². The van der Waals surface area contributed by atoms with Gasteiger partial charge in [0.15, 0.2) is 0 Å². The molecule has 0 heterocycles. The minimum Gasteiger partial charge on any atom is -0.381 e. The molecule has 0 bridgehead atoms. The van der Waals surface area contributed by atoms with Crippen LogP contribution < -0.4 is 0 Å². The fourth-order valence-corrected chi connectivity index (χ4v) is 6.81. The van der Waals surface area contributed by atoms with Gasteiger partial charge in [-0.3, -0.25) is 0 Å². The van der Waals surface area contributed by atoms with E-state index >= 15 is 0 Å². The molecule has 2 fully saturated rings. The highest BCUT2D eigenvalue weighted by atomic mass is 32.2. The van der Waals surface area contributed by atoms with Crippen LogP contribution in [-0.2, 0) is 9.53 Å². The zero-order chi connectivity index (χ0) is 18.8. The van der Waals surface area contributed by atoms with E-state index in [2.05, 4.69) is 25.6 Å². The molecule has 0 N–H and O–H groups in total. The number of hydrogen-bond donors (Lipinski definition) is 0. The zero-order valence-corrected chi connectivity index (χ0v) is 18.3. The quantitative estimate of drug-likeness (QED) is 0.374. The average molecular weight is 383 g/mol. The Balaban J connectivity index is 1.95. The number of hydrogen-bond acceptors (Lipinski definition) is 3. The number of carbonyl (C=O) groups is 1. The third-order valence-electron chi connectivity index (χ3n) is 7.13. The van der Waals surface area contributed by atoms with E-state index in [-0.39, 0.29) is 5.41 Å². The third-order valence-corrected chi connectivity index (χ3v) is 8.92. The molecule has 0 aromatic rings. The molecule has 0 aromatic heterocycles. The molecule has 152 valence electrons. The molecule has 0 aliphatic heterocycles. The lowest BCUT2D eigenvalue weighted by atomic mass is 9.76. The molecule has 2 aliphatic carbocycles. The van der Waals surface area contributed by atoms with Crippen LogP contribution in [0.3, 0.4) is 0 Å². The number of aldehydes is 1. The highest BCUT2D eigenvalue weighted by Gasteiger charge is 2.35. The Morgan fingerprint density at radius 3 is 2.50 bits per heavy atom. The second-order valence-electron chi connectivity index (χ2n) is 8.96. The Bertz CT molecular complexity index is 394. The topological polar surface area (TPSA) is 26.3 Å². The predicted molar refractivity (Wildman–Crippen MR) is 114 cm³/mol. The molecular weight excluding hydrogens is 340 g/mol. The van der Waals surface area contributed by atoms with Crippen LogP contribution in [0.5, 0.6) is 0 Å². The van der Waals surface area contributed by atoms with E-state index in [4.69, 9.17) is 4.74 Å². The van der Waals surface area contributed by atoms with Gasteiger partial charge in [-0.2, -0.15) is 11.8 Å². The molecule has 0 saturated heterocycles. The van der Waals surface area contributed by atoms with E-state index in [1.807, 2.05) is 7.11 Å². The van der Waals surface area contributed by atoms with Crippen molar-refractivity contribution in [3.8, 4) is 0 Å². The number of ether oxygens (including phenoxy) is 1. The van der Waals surface area contributed by atoms with Crippen molar-refractivity contribution in [3.05, 3.63) is 0 Å². The van der Waals surface area contributed by atoms with Gasteiger partial charge in [0.25, 0.3) is 0 Å². The summed E-state index contributed by atoms with van der Waals surface area (Å²) >= 11 is 2.13. The maximum atomic E-state index is 11.9. The fourth-order valence-electron chi connectivity index (χ4n) is 5.05. The van der Waals surface area contributed by atoms with Crippen molar-refractivity contribution in [2.45, 2.75) is 109 Å². The van der Waals surface area contributed by atoms with Crippen LogP contribution in [0.25, 0.3) is 0 Å². The maximum Gasteiger partial charge on any atom is 0.126 e. The van der Waals surface area contributed by atoms with Gasteiger partial charge in [0.2, 0.25) is 0 Å². The first-order chi connectivity index (χ1) is 12.7. The van der Waals surface area contributed by atoms with Gasteiger partial charge in [0.05, 0.1) is 6.10 Å². The molecule has 2 aliphatic rings. The van der Waals surface area contributed by atoms with E-state index in [1.54, 1.807) is 0 Å². The summed E-state index contributed by atoms with van der Waals surface area (Å²) in [5, 5.41) is 0.732. The lowest BCUT2D eigenvalue weighted by Crippen LogP contribution is -2.34. The number of methoxy groups -OCH3 is 1. The fraction of sp³-hybridized carbons (Fsp3) is 0.957. The Morgan fingerprint density at radius 2 is 1.88 bits per heavy atom. The van der Waals surface area contributed by atoms with Gasteiger partial charge in [-0.25, -0.2) is 0 Å². The molecule has 0 spiro atoms. The third kappa shape index (κ3) is 6.55. The van der Waals surface area contributed by atoms with E-state index in [0.717, 1.165) is 35.7 Å². The van der Waals surface area contributed by atoms with Crippen LogP contribution >= 0.6 is 11.8 Å². The summed E-state index contributed by atoms with van der Waals surface area (Å²) in [5.74, 6) is 2.75. The number of unbranched alkanes of at least 4 members (excludes halogenated alkanes) is 1.